The van der Waals surface area contributed by atoms with Crippen LogP contribution in [0.5, 0.6) is 0 Å². The van der Waals surface area contributed by atoms with Crippen LogP contribution >= 0.6 is 23.2 Å². The summed E-state index contributed by atoms with van der Waals surface area (Å²) < 4.78 is 4.54. The molecule has 0 aromatic heterocycles. The van der Waals surface area contributed by atoms with Gasteiger partial charge in [0.2, 0.25) is 0 Å². The predicted octanol–water partition coefficient (Wildman–Crippen LogP) is 2.54. The topological polar surface area (TPSA) is 55.4 Å². The smallest absolute Gasteiger partial charge is 0.354 e. The lowest BCUT2D eigenvalue weighted by Gasteiger charge is -2.08. The summed E-state index contributed by atoms with van der Waals surface area (Å²) in [6.07, 6.45) is 5.40. The van der Waals surface area contributed by atoms with E-state index in [1.165, 1.54) is 7.11 Å². The largest absolute Gasteiger partial charge is 0.464 e. The number of amides is 1. The number of hydrogen-bond donors (Lipinski definition) is 1. The van der Waals surface area contributed by atoms with E-state index in [0.717, 1.165) is 19.3 Å². The second-order valence-corrected chi connectivity index (χ2v) is 4.49. The highest BCUT2D eigenvalue weighted by molar-refractivity contribution is 6.53. The highest BCUT2D eigenvalue weighted by Crippen LogP contribution is 2.06. The number of rotatable bonds is 7. The first kappa shape index (κ1) is 16.3. The monoisotopic (exact) mass is 281 g/mol. The van der Waals surface area contributed by atoms with Gasteiger partial charge in [-0.25, -0.2) is 4.79 Å². The zero-order chi connectivity index (χ0) is 13.3. The Morgan fingerprint density at radius 1 is 1.35 bits per heavy atom. The van der Waals surface area contributed by atoms with Gasteiger partial charge in [0.15, 0.2) is 4.84 Å². The number of carbonyl (C=O) groups is 2. The van der Waals surface area contributed by atoms with Crippen LogP contribution in [-0.4, -0.2) is 23.8 Å². The van der Waals surface area contributed by atoms with Gasteiger partial charge in [-0.3, -0.25) is 4.79 Å². The van der Waals surface area contributed by atoms with Gasteiger partial charge in [-0.1, -0.05) is 49.0 Å². The third-order valence-corrected chi connectivity index (χ3v) is 2.41. The summed E-state index contributed by atoms with van der Waals surface area (Å²) in [5, 5.41) is 2.33. The Labute approximate surface area is 111 Å². The molecule has 6 heteroatoms. The molecule has 1 N–H and O–H groups in total. The van der Waals surface area contributed by atoms with Crippen molar-refractivity contribution in [3.05, 3.63) is 11.8 Å². The van der Waals surface area contributed by atoms with E-state index in [0.29, 0.717) is 6.42 Å². The highest BCUT2D eigenvalue weighted by Gasteiger charge is 2.17. The molecule has 17 heavy (non-hydrogen) atoms. The van der Waals surface area contributed by atoms with Crippen LogP contribution in [-0.2, 0) is 14.3 Å². The van der Waals surface area contributed by atoms with Gasteiger partial charge in [-0.2, -0.15) is 0 Å². The summed E-state index contributed by atoms with van der Waals surface area (Å²) in [4.78, 5) is 21.4. The fraction of sp³-hybridized carbons (Fsp3) is 0.636. The molecule has 4 nitrogen and oxygen atoms in total. The van der Waals surface area contributed by atoms with Gasteiger partial charge < -0.3 is 10.1 Å². The van der Waals surface area contributed by atoms with Crippen molar-refractivity contribution in [3.63, 3.8) is 0 Å². The van der Waals surface area contributed by atoms with E-state index in [2.05, 4.69) is 17.0 Å². The third kappa shape index (κ3) is 7.23. The van der Waals surface area contributed by atoms with Gasteiger partial charge in [-0.05, 0) is 12.8 Å². The number of nitrogens with one attached hydrogen (secondary N) is 1. The van der Waals surface area contributed by atoms with Gasteiger partial charge in [0.1, 0.15) is 5.70 Å². The molecule has 98 valence electrons. The highest BCUT2D eigenvalue weighted by atomic mass is 35.5. The zero-order valence-electron chi connectivity index (χ0n) is 9.96. The average Bonchev–Trinajstić information content (AvgIpc) is 2.31. The molecule has 0 rings (SSSR count). The van der Waals surface area contributed by atoms with Crippen LogP contribution in [0, 0.1) is 0 Å². The Hall–Kier alpha value is -0.740. The Bertz CT molecular complexity index is 290. The van der Waals surface area contributed by atoms with Crippen molar-refractivity contribution in [2.75, 3.05) is 7.11 Å². The maximum absolute atomic E-state index is 11.3. The first-order chi connectivity index (χ1) is 8.02. The minimum atomic E-state index is -1.21. The fourth-order valence-corrected chi connectivity index (χ4v) is 1.23. The van der Waals surface area contributed by atoms with Crippen molar-refractivity contribution in [1.82, 2.24) is 5.32 Å². The molecule has 0 atom stereocenters. The minimum Gasteiger partial charge on any atom is -0.464 e. The molecule has 0 radical (unpaired) electrons. The maximum atomic E-state index is 11.3. The molecule has 0 heterocycles. The molecule has 1 amide bonds. The van der Waals surface area contributed by atoms with Gasteiger partial charge >= 0.3 is 5.97 Å². The van der Waals surface area contributed by atoms with Crippen LogP contribution in [0.25, 0.3) is 0 Å². The first-order valence-electron chi connectivity index (χ1n) is 5.40. The molecule has 0 aliphatic carbocycles. The van der Waals surface area contributed by atoms with E-state index in [9.17, 15) is 9.59 Å². The van der Waals surface area contributed by atoms with Crippen molar-refractivity contribution in [1.29, 1.82) is 0 Å². The Morgan fingerprint density at radius 2 is 2.00 bits per heavy atom. The van der Waals surface area contributed by atoms with Gasteiger partial charge in [0, 0.05) is 0 Å². The summed E-state index contributed by atoms with van der Waals surface area (Å²) in [5.74, 6) is -1.25. The Balaban J connectivity index is 4.43. The molecule has 0 unspecified atom stereocenters. The molecule has 0 saturated carbocycles. The predicted molar refractivity (Wildman–Crippen MR) is 67.9 cm³/mol. The van der Waals surface area contributed by atoms with Crippen molar-refractivity contribution in [2.45, 2.75) is 37.4 Å². The van der Waals surface area contributed by atoms with Crippen LogP contribution in [0.2, 0.25) is 0 Å². The lowest BCUT2D eigenvalue weighted by molar-refractivity contribution is -0.137. The van der Waals surface area contributed by atoms with E-state index >= 15 is 0 Å². The second-order valence-electron chi connectivity index (χ2n) is 3.40. The molecule has 0 aromatic rings. The van der Waals surface area contributed by atoms with E-state index in [4.69, 9.17) is 23.2 Å². The number of hydrogen-bond acceptors (Lipinski definition) is 3. The van der Waals surface area contributed by atoms with Gasteiger partial charge in [0.25, 0.3) is 5.91 Å². The molecule has 0 bridgehead atoms. The number of esters is 1. The van der Waals surface area contributed by atoms with Crippen LogP contribution in [0.4, 0.5) is 0 Å². The third-order valence-electron chi connectivity index (χ3n) is 2.02. The second kappa shape index (κ2) is 9.31. The van der Waals surface area contributed by atoms with E-state index in [1.807, 2.05) is 0 Å². The Kier molecular flexibility index (Phi) is 8.90. The summed E-state index contributed by atoms with van der Waals surface area (Å²) in [7, 11) is 1.24. The van der Waals surface area contributed by atoms with Gasteiger partial charge in [0.05, 0.1) is 7.11 Å². The molecular formula is C11H17Cl2NO3. The summed E-state index contributed by atoms with van der Waals surface area (Å²) in [5.41, 5.74) is 0.0832. The molecule has 0 aromatic carbocycles. The average molecular weight is 282 g/mol. The molecule has 0 fully saturated rings. The van der Waals surface area contributed by atoms with Crippen LogP contribution in [0.15, 0.2) is 11.8 Å². The number of carbonyl (C=O) groups excluding carboxylic acids is 2. The number of unbranched alkanes of at least 4 members (excludes halogenated alkanes) is 3. The number of alkyl halides is 2. The minimum absolute atomic E-state index is 0.0832. The number of methoxy groups -OCH3 is 1. The van der Waals surface area contributed by atoms with Crippen LogP contribution in [0.1, 0.15) is 32.6 Å². The van der Waals surface area contributed by atoms with Crippen molar-refractivity contribution in [2.24, 2.45) is 0 Å². The van der Waals surface area contributed by atoms with E-state index in [1.54, 1.807) is 6.08 Å². The van der Waals surface area contributed by atoms with Gasteiger partial charge in [-0.15, -0.1) is 0 Å². The van der Waals surface area contributed by atoms with Crippen LogP contribution < -0.4 is 5.32 Å². The number of halogens is 2. The lowest BCUT2D eigenvalue weighted by atomic mass is 10.2. The maximum Gasteiger partial charge on any atom is 0.354 e. The first-order valence-corrected chi connectivity index (χ1v) is 6.27. The molecular weight excluding hydrogens is 265 g/mol. The fourth-order valence-electron chi connectivity index (χ4n) is 1.12. The molecule has 0 aliphatic heterocycles. The summed E-state index contributed by atoms with van der Waals surface area (Å²) in [6.45, 7) is 2.08. The molecule has 0 spiro atoms. The standard InChI is InChI=1S/C11H17Cl2NO3/c1-3-4-5-6-7-8(11(16)17-2)14-10(15)9(12)13/h7,9H,3-6H2,1-2H3,(H,14,15)/b8-7-. The molecule has 0 saturated heterocycles. The summed E-state index contributed by atoms with van der Waals surface area (Å²) >= 11 is 10.8. The zero-order valence-corrected chi connectivity index (χ0v) is 11.5. The number of allylic oxidation sites excluding steroid dienone is 1. The van der Waals surface area contributed by atoms with Crippen molar-refractivity contribution < 1.29 is 14.3 Å². The van der Waals surface area contributed by atoms with Crippen LogP contribution in [0.3, 0.4) is 0 Å². The quantitative estimate of drug-likeness (QED) is 0.338. The van der Waals surface area contributed by atoms with E-state index < -0.39 is 16.7 Å². The lowest BCUT2D eigenvalue weighted by Crippen LogP contribution is -2.31. The van der Waals surface area contributed by atoms with Crippen molar-refractivity contribution in [3.8, 4) is 0 Å². The van der Waals surface area contributed by atoms with E-state index in [-0.39, 0.29) is 5.70 Å². The Morgan fingerprint density at radius 3 is 2.47 bits per heavy atom. The number of ether oxygens (including phenoxy) is 1. The molecule has 0 aliphatic rings. The summed E-state index contributed by atoms with van der Waals surface area (Å²) in [6, 6.07) is 0. The normalized spacial score (nSPS) is 11.5. The van der Waals surface area contributed by atoms with Crippen molar-refractivity contribution >= 4 is 35.1 Å². The SMILES string of the molecule is CCCCC/C=C(\NC(=O)C(Cl)Cl)C(=O)OC.